The molecule has 2 atom stereocenters. The Bertz CT molecular complexity index is 230. The van der Waals surface area contributed by atoms with E-state index in [0.29, 0.717) is 6.04 Å². The first-order chi connectivity index (χ1) is 7.49. The van der Waals surface area contributed by atoms with E-state index >= 15 is 0 Å². The first-order valence-electron chi connectivity index (χ1n) is 6.20. The molecule has 16 heavy (non-hydrogen) atoms. The van der Waals surface area contributed by atoms with Gasteiger partial charge in [0.2, 0.25) is 0 Å². The van der Waals surface area contributed by atoms with Crippen LogP contribution in [0.25, 0.3) is 0 Å². The molecule has 1 rings (SSSR count). The Kier molecular flexibility index (Phi) is 5.46. The standard InChI is InChI=1S/C13H26N2O/c1-11(2)5-6-13(16)9-12-10-14(3)7-8-15(12)4/h12-13,16H,1,5-10H2,2-4H3. The zero-order valence-corrected chi connectivity index (χ0v) is 10.9. The van der Waals surface area contributed by atoms with Crippen LogP contribution < -0.4 is 0 Å². The van der Waals surface area contributed by atoms with Crippen LogP contribution in [0.5, 0.6) is 0 Å². The predicted molar refractivity (Wildman–Crippen MR) is 68.6 cm³/mol. The summed E-state index contributed by atoms with van der Waals surface area (Å²) in [6.45, 7) is 9.20. The number of aliphatic hydroxyl groups excluding tert-OH is 1. The molecule has 1 fully saturated rings. The first-order valence-corrected chi connectivity index (χ1v) is 6.20. The third-order valence-electron chi connectivity index (χ3n) is 3.43. The number of rotatable bonds is 5. The predicted octanol–water partition coefficient (Wildman–Crippen LogP) is 1.34. The van der Waals surface area contributed by atoms with Gasteiger partial charge in [-0.25, -0.2) is 0 Å². The maximum atomic E-state index is 9.97. The quantitative estimate of drug-likeness (QED) is 0.717. The summed E-state index contributed by atoms with van der Waals surface area (Å²) in [7, 11) is 4.31. The molecule has 0 spiro atoms. The number of hydrogen-bond donors (Lipinski definition) is 1. The maximum absolute atomic E-state index is 9.97. The lowest BCUT2D eigenvalue weighted by atomic mass is 10.0. The van der Waals surface area contributed by atoms with E-state index in [1.54, 1.807) is 0 Å². The SMILES string of the molecule is C=C(C)CCC(O)CC1CN(C)CCN1C. The fourth-order valence-electron chi connectivity index (χ4n) is 2.20. The van der Waals surface area contributed by atoms with Crippen LogP contribution >= 0.6 is 0 Å². The highest BCUT2D eigenvalue weighted by atomic mass is 16.3. The van der Waals surface area contributed by atoms with Crippen LogP contribution in [0.15, 0.2) is 12.2 Å². The van der Waals surface area contributed by atoms with Crippen LogP contribution in [0.2, 0.25) is 0 Å². The zero-order chi connectivity index (χ0) is 12.1. The molecular weight excluding hydrogens is 200 g/mol. The van der Waals surface area contributed by atoms with Gasteiger partial charge >= 0.3 is 0 Å². The van der Waals surface area contributed by atoms with Gasteiger partial charge in [0.15, 0.2) is 0 Å². The molecule has 2 unspecified atom stereocenters. The minimum atomic E-state index is -0.185. The summed E-state index contributed by atoms with van der Waals surface area (Å²) in [5, 5.41) is 9.97. The van der Waals surface area contributed by atoms with Gasteiger partial charge in [0.25, 0.3) is 0 Å². The van der Waals surface area contributed by atoms with Gasteiger partial charge in [-0.15, -0.1) is 6.58 Å². The Morgan fingerprint density at radius 3 is 2.75 bits per heavy atom. The van der Waals surface area contributed by atoms with E-state index in [4.69, 9.17) is 0 Å². The van der Waals surface area contributed by atoms with E-state index in [2.05, 4.69) is 30.5 Å². The van der Waals surface area contributed by atoms with Crippen molar-refractivity contribution in [3.05, 3.63) is 12.2 Å². The van der Waals surface area contributed by atoms with Gasteiger partial charge in [-0.05, 0) is 40.3 Å². The van der Waals surface area contributed by atoms with E-state index in [9.17, 15) is 5.11 Å². The molecule has 1 saturated heterocycles. The zero-order valence-electron chi connectivity index (χ0n) is 10.9. The topological polar surface area (TPSA) is 26.7 Å². The average Bonchev–Trinajstić information content (AvgIpc) is 2.20. The summed E-state index contributed by atoms with van der Waals surface area (Å²) in [5.74, 6) is 0. The Morgan fingerprint density at radius 2 is 2.12 bits per heavy atom. The van der Waals surface area contributed by atoms with Crippen LogP contribution in [0, 0.1) is 0 Å². The second kappa shape index (κ2) is 6.38. The lowest BCUT2D eigenvalue weighted by Crippen LogP contribution is -2.50. The Labute approximate surface area is 99.7 Å². The van der Waals surface area contributed by atoms with Crippen LogP contribution in [-0.2, 0) is 0 Å². The largest absolute Gasteiger partial charge is 0.393 e. The lowest BCUT2D eigenvalue weighted by molar-refractivity contribution is 0.0606. The number of nitrogens with zero attached hydrogens (tertiary/aromatic N) is 2. The van der Waals surface area contributed by atoms with Gasteiger partial charge in [-0.1, -0.05) is 5.57 Å². The minimum Gasteiger partial charge on any atom is -0.393 e. The van der Waals surface area contributed by atoms with Gasteiger partial charge in [-0.2, -0.15) is 0 Å². The highest BCUT2D eigenvalue weighted by Gasteiger charge is 2.24. The van der Waals surface area contributed by atoms with E-state index in [1.807, 2.05) is 6.92 Å². The van der Waals surface area contributed by atoms with Gasteiger partial charge in [0, 0.05) is 25.7 Å². The van der Waals surface area contributed by atoms with Crippen molar-refractivity contribution in [3.63, 3.8) is 0 Å². The summed E-state index contributed by atoms with van der Waals surface area (Å²) in [6, 6.07) is 0.499. The normalized spacial score (nSPS) is 25.6. The molecule has 0 aromatic carbocycles. The van der Waals surface area contributed by atoms with Crippen LogP contribution in [0.3, 0.4) is 0 Å². The van der Waals surface area contributed by atoms with E-state index in [-0.39, 0.29) is 6.10 Å². The Hall–Kier alpha value is -0.380. The molecule has 1 aliphatic heterocycles. The third-order valence-corrected chi connectivity index (χ3v) is 3.43. The molecule has 3 heteroatoms. The van der Waals surface area contributed by atoms with Crippen molar-refractivity contribution >= 4 is 0 Å². The smallest absolute Gasteiger partial charge is 0.0558 e. The molecule has 0 aliphatic carbocycles. The van der Waals surface area contributed by atoms with Crippen LogP contribution in [0.1, 0.15) is 26.2 Å². The molecule has 0 aromatic rings. The maximum Gasteiger partial charge on any atom is 0.0558 e. The average molecular weight is 226 g/mol. The van der Waals surface area contributed by atoms with Crippen molar-refractivity contribution < 1.29 is 5.11 Å². The van der Waals surface area contributed by atoms with Crippen molar-refractivity contribution in [2.24, 2.45) is 0 Å². The minimum absolute atomic E-state index is 0.185. The summed E-state index contributed by atoms with van der Waals surface area (Å²) in [4.78, 5) is 4.71. The van der Waals surface area contributed by atoms with Crippen molar-refractivity contribution in [1.29, 1.82) is 0 Å². The Morgan fingerprint density at radius 1 is 1.44 bits per heavy atom. The van der Waals surface area contributed by atoms with Crippen molar-refractivity contribution in [3.8, 4) is 0 Å². The molecule has 0 amide bonds. The second-order valence-corrected chi connectivity index (χ2v) is 5.28. The molecule has 0 bridgehead atoms. The highest BCUT2D eigenvalue weighted by Crippen LogP contribution is 2.15. The van der Waals surface area contributed by atoms with Crippen LogP contribution in [0.4, 0.5) is 0 Å². The van der Waals surface area contributed by atoms with Gasteiger partial charge < -0.3 is 14.9 Å². The lowest BCUT2D eigenvalue weighted by Gasteiger charge is -2.38. The molecule has 1 heterocycles. The van der Waals surface area contributed by atoms with E-state index in [1.165, 1.54) is 0 Å². The fraction of sp³-hybridized carbons (Fsp3) is 0.846. The molecular formula is C13H26N2O. The molecule has 0 saturated carbocycles. The summed E-state index contributed by atoms with van der Waals surface area (Å²) in [5.41, 5.74) is 1.16. The number of piperazine rings is 1. The number of allylic oxidation sites excluding steroid dienone is 1. The molecule has 1 N–H and O–H groups in total. The van der Waals surface area contributed by atoms with Crippen molar-refractivity contribution in [1.82, 2.24) is 9.80 Å². The molecule has 94 valence electrons. The highest BCUT2D eigenvalue weighted by molar-refractivity contribution is 4.89. The van der Waals surface area contributed by atoms with Crippen molar-refractivity contribution in [2.75, 3.05) is 33.7 Å². The van der Waals surface area contributed by atoms with E-state index in [0.717, 1.165) is 44.5 Å². The van der Waals surface area contributed by atoms with Crippen LogP contribution in [-0.4, -0.2) is 60.8 Å². The third kappa shape index (κ3) is 4.64. The fourth-order valence-corrected chi connectivity index (χ4v) is 2.20. The summed E-state index contributed by atoms with van der Waals surface area (Å²) in [6.07, 6.45) is 2.49. The molecule has 0 aromatic heterocycles. The Balaban J connectivity index is 2.30. The van der Waals surface area contributed by atoms with Gasteiger partial charge in [-0.3, -0.25) is 0 Å². The van der Waals surface area contributed by atoms with Gasteiger partial charge in [0.05, 0.1) is 6.10 Å². The summed E-state index contributed by atoms with van der Waals surface area (Å²) >= 11 is 0. The molecule has 1 aliphatic rings. The first kappa shape index (κ1) is 13.7. The molecule has 0 radical (unpaired) electrons. The van der Waals surface area contributed by atoms with E-state index < -0.39 is 0 Å². The van der Waals surface area contributed by atoms with Crippen molar-refractivity contribution in [2.45, 2.75) is 38.3 Å². The number of hydrogen-bond acceptors (Lipinski definition) is 3. The number of aliphatic hydroxyl groups is 1. The summed E-state index contributed by atoms with van der Waals surface area (Å²) < 4.78 is 0. The number of likely N-dealkylation sites (N-methyl/N-ethyl adjacent to an activating group) is 2. The molecule has 3 nitrogen and oxygen atoms in total. The van der Waals surface area contributed by atoms with Gasteiger partial charge in [0.1, 0.15) is 0 Å². The monoisotopic (exact) mass is 226 g/mol. The second-order valence-electron chi connectivity index (χ2n) is 5.28.